The first kappa shape index (κ1) is 20.9. The van der Waals surface area contributed by atoms with Gasteiger partial charge in [-0.3, -0.25) is 14.5 Å². The van der Waals surface area contributed by atoms with Crippen LogP contribution < -0.4 is 5.32 Å². The molecule has 0 saturated carbocycles. The van der Waals surface area contributed by atoms with Crippen LogP contribution in [0.25, 0.3) is 0 Å². The van der Waals surface area contributed by atoms with Gasteiger partial charge < -0.3 is 10.2 Å². The molecule has 7 heteroatoms. The van der Waals surface area contributed by atoms with Crippen molar-refractivity contribution >= 4 is 11.8 Å². The average molecular weight is 401 g/mol. The molecule has 1 saturated heterocycles. The van der Waals surface area contributed by atoms with Crippen LogP contribution >= 0.6 is 0 Å². The Kier molecular flexibility index (Phi) is 7.30. The van der Waals surface area contributed by atoms with Gasteiger partial charge >= 0.3 is 0 Å². The molecule has 1 aliphatic rings. The van der Waals surface area contributed by atoms with Gasteiger partial charge in [0.15, 0.2) is 0 Å². The van der Waals surface area contributed by atoms with Crippen molar-refractivity contribution in [3.8, 4) is 0 Å². The zero-order valence-corrected chi connectivity index (χ0v) is 16.2. The molecule has 2 aromatic carbocycles. The minimum absolute atomic E-state index is 0.0616. The van der Waals surface area contributed by atoms with Crippen molar-refractivity contribution in [2.24, 2.45) is 0 Å². The fraction of sp³-hybridized carbons (Fsp3) is 0.364. The summed E-state index contributed by atoms with van der Waals surface area (Å²) in [5.74, 6) is -2.17. The maximum absolute atomic E-state index is 13.6. The van der Waals surface area contributed by atoms with Gasteiger partial charge in [0.05, 0.1) is 5.56 Å². The van der Waals surface area contributed by atoms with Crippen molar-refractivity contribution in [2.75, 3.05) is 32.7 Å². The molecule has 154 valence electrons. The Bertz CT molecular complexity index is 837. The van der Waals surface area contributed by atoms with Gasteiger partial charge in [-0.2, -0.15) is 0 Å². The number of amides is 2. The van der Waals surface area contributed by atoms with E-state index in [1.165, 1.54) is 5.56 Å². The van der Waals surface area contributed by atoms with Crippen LogP contribution in [0.2, 0.25) is 0 Å². The van der Waals surface area contributed by atoms with Crippen LogP contribution in [0, 0.1) is 11.6 Å². The second-order valence-corrected chi connectivity index (χ2v) is 7.13. The van der Waals surface area contributed by atoms with Crippen molar-refractivity contribution in [3.05, 3.63) is 71.3 Å². The molecule has 3 rings (SSSR count). The highest BCUT2D eigenvalue weighted by molar-refractivity contribution is 5.94. The van der Waals surface area contributed by atoms with Crippen molar-refractivity contribution in [1.82, 2.24) is 15.1 Å². The predicted octanol–water partition coefficient (Wildman–Crippen LogP) is 2.82. The molecule has 0 spiro atoms. The summed E-state index contributed by atoms with van der Waals surface area (Å²) in [4.78, 5) is 28.5. The van der Waals surface area contributed by atoms with Crippen LogP contribution in [0.3, 0.4) is 0 Å². The summed E-state index contributed by atoms with van der Waals surface area (Å²) >= 11 is 0. The zero-order valence-electron chi connectivity index (χ0n) is 16.2. The van der Waals surface area contributed by atoms with Gasteiger partial charge in [-0.15, -0.1) is 0 Å². The zero-order chi connectivity index (χ0) is 20.6. The largest absolute Gasteiger partial charge is 0.352 e. The fourth-order valence-corrected chi connectivity index (χ4v) is 3.37. The Hall–Kier alpha value is -2.80. The van der Waals surface area contributed by atoms with Gasteiger partial charge in [-0.05, 0) is 24.1 Å². The molecule has 29 heavy (non-hydrogen) atoms. The number of carbonyl (C=O) groups is 2. The predicted molar refractivity (Wildman–Crippen MR) is 106 cm³/mol. The molecule has 1 aliphatic heterocycles. The molecular weight excluding hydrogens is 376 g/mol. The second-order valence-electron chi connectivity index (χ2n) is 7.13. The lowest BCUT2D eigenvalue weighted by molar-refractivity contribution is -0.133. The Morgan fingerprint density at radius 3 is 2.38 bits per heavy atom. The smallest absolute Gasteiger partial charge is 0.254 e. The van der Waals surface area contributed by atoms with Crippen LogP contribution in [0.4, 0.5) is 8.78 Å². The van der Waals surface area contributed by atoms with E-state index in [4.69, 9.17) is 0 Å². The van der Waals surface area contributed by atoms with E-state index >= 15 is 0 Å². The van der Waals surface area contributed by atoms with Crippen LogP contribution in [0.1, 0.15) is 28.8 Å². The number of carbonyl (C=O) groups excluding carboxylic acids is 2. The van der Waals surface area contributed by atoms with Gasteiger partial charge in [-0.1, -0.05) is 30.3 Å². The van der Waals surface area contributed by atoms with Gasteiger partial charge in [0.25, 0.3) is 5.91 Å². The maximum atomic E-state index is 13.6. The molecule has 1 fully saturated rings. The highest BCUT2D eigenvalue weighted by atomic mass is 19.1. The molecule has 1 heterocycles. The Labute approximate surface area is 169 Å². The third-order valence-corrected chi connectivity index (χ3v) is 5.00. The molecule has 0 unspecified atom stereocenters. The van der Waals surface area contributed by atoms with Crippen molar-refractivity contribution in [2.45, 2.75) is 19.4 Å². The highest BCUT2D eigenvalue weighted by Gasteiger charge is 2.21. The first-order valence-corrected chi connectivity index (χ1v) is 9.80. The first-order valence-electron chi connectivity index (χ1n) is 9.80. The van der Waals surface area contributed by atoms with Crippen molar-refractivity contribution < 1.29 is 18.4 Å². The molecule has 1 N–H and O–H groups in total. The maximum Gasteiger partial charge on any atom is 0.254 e. The lowest BCUT2D eigenvalue weighted by atomic mass is 10.2. The van der Waals surface area contributed by atoms with Gasteiger partial charge in [0, 0.05) is 51.8 Å². The lowest BCUT2D eigenvalue weighted by Crippen LogP contribution is -2.48. The molecule has 0 aliphatic carbocycles. The van der Waals surface area contributed by atoms with Gasteiger partial charge in [0.1, 0.15) is 11.6 Å². The summed E-state index contributed by atoms with van der Waals surface area (Å²) < 4.78 is 26.5. The Morgan fingerprint density at radius 1 is 0.966 bits per heavy atom. The molecule has 0 aromatic heterocycles. The third-order valence-electron chi connectivity index (χ3n) is 5.00. The molecule has 0 radical (unpaired) electrons. The van der Waals surface area contributed by atoms with Crippen molar-refractivity contribution in [1.29, 1.82) is 0 Å². The highest BCUT2D eigenvalue weighted by Crippen LogP contribution is 2.11. The minimum Gasteiger partial charge on any atom is -0.352 e. The monoisotopic (exact) mass is 401 g/mol. The minimum atomic E-state index is -0.896. The number of benzene rings is 2. The SMILES string of the molecule is O=C(NCCCC(=O)N1CCN(Cc2ccccc2)CC1)c1ccc(F)cc1F. The normalized spacial score (nSPS) is 14.6. The summed E-state index contributed by atoms with van der Waals surface area (Å²) in [6.45, 7) is 4.20. The Balaban J connectivity index is 1.34. The number of piperazine rings is 1. The number of nitrogens with one attached hydrogen (secondary N) is 1. The summed E-state index contributed by atoms with van der Waals surface area (Å²) in [7, 11) is 0. The molecule has 0 bridgehead atoms. The molecule has 2 aromatic rings. The number of halogens is 2. The van der Waals surface area contributed by atoms with E-state index in [-0.39, 0.29) is 18.0 Å². The van der Waals surface area contributed by atoms with Crippen LogP contribution in [0.5, 0.6) is 0 Å². The number of nitrogens with zero attached hydrogens (tertiary/aromatic N) is 2. The van der Waals surface area contributed by atoms with Crippen LogP contribution in [-0.4, -0.2) is 54.3 Å². The lowest BCUT2D eigenvalue weighted by Gasteiger charge is -2.34. The quantitative estimate of drug-likeness (QED) is 0.726. The molecular formula is C22H25F2N3O2. The topological polar surface area (TPSA) is 52.7 Å². The second kappa shape index (κ2) is 10.1. The summed E-state index contributed by atoms with van der Waals surface area (Å²) in [6, 6.07) is 13.1. The molecule has 2 amide bonds. The van der Waals surface area contributed by atoms with Crippen molar-refractivity contribution in [3.63, 3.8) is 0 Å². The van der Waals surface area contributed by atoms with E-state index in [1.54, 1.807) is 0 Å². The summed E-state index contributed by atoms with van der Waals surface area (Å²) in [5.41, 5.74) is 1.06. The average Bonchev–Trinajstić information content (AvgIpc) is 2.72. The van der Waals surface area contributed by atoms with E-state index in [1.807, 2.05) is 23.1 Å². The van der Waals surface area contributed by atoms with E-state index in [2.05, 4.69) is 22.3 Å². The first-order chi connectivity index (χ1) is 14.0. The number of hydrogen-bond donors (Lipinski definition) is 1. The van der Waals surface area contributed by atoms with Gasteiger partial charge in [-0.25, -0.2) is 8.78 Å². The number of rotatable bonds is 7. The van der Waals surface area contributed by atoms with Crippen LogP contribution in [-0.2, 0) is 11.3 Å². The van der Waals surface area contributed by atoms with Gasteiger partial charge in [0.2, 0.25) is 5.91 Å². The van der Waals surface area contributed by atoms with E-state index in [0.29, 0.717) is 32.0 Å². The summed E-state index contributed by atoms with van der Waals surface area (Å²) in [6.07, 6.45) is 0.794. The van der Waals surface area contributed by atoms with E-state index in [0.717, 1.165) is 31.8 Å². The molecule has 0 atom stereocenters. The van der Waals surface area contributed by atoms with E-state index < -0.39 is 17.5 Å². The fourth-order valence-electron chi connectivity index (χ4n) is 3.37. The van der Waals surface area contributed by atoms with E-state index in [9.17, 15) is 18.4 Å². The third kappa shape index (κ3) is 6.09. The number of hydrogen-bond acceptors (Lipinski definition) is 3. The van der Waals surface area contributed by atoms with Crippen LogP contribution in [0.15, 0.2) is 48.5 Å². The standard InChI is InChI=1S/C22H25F2N3O2/c23-18-8-9-19(20(24)15-18)22(29)25-10-4-7-21(28)27-13-11-26(12-14-27)16-17-5-2-1-3-6-17/h1-3,5-6,8-9,15H,4,7,10-14,16H2,(H,25,29). The summed E-state index contributed by atoms with van der Waals surface area (Å²) in [5, 5.41) is 2.57. The Morgan fingerprint density at radius 2 is 1.69 bits per heavy atom. The molecule has 5 nitrogen and oxygen atoms in total.